The molecule has 3 aromatic carbocycles. The number of nitrogens with one attached hydrogen (secondary N) is 3. The van der Waals surface area contributed by atoms with Gasteiger partial charge in [0.2, 0.25) is 0 Å². The zero-order chi connectivity index (χ0) is 51.6. The van der Waals surface area contributed by atoms with Gasteiger partial charge in [-0.25, -0.2) is 9.78 Å². The van der Waals surface area contributed by atoms with E-state index in [1.807, 2.05) is 42.5 Å². The number of benzene rings is 3. The van der Waals surface area contributed by atoms with Gasteiger partial charge in [0.05, 0.1) is 24.3 Å². The summed E-state index contributed by atoms with van der Waals surface area (Å²) < 4.78 is 11.1. The van der Waals surface area contributed by atoms with Crippen molar-refractivity contribution < 1.29 is 70.1 Å². The Morgan fingerprint density at radius 2 is 1.74 bits per heavy atom. The van der Waals surface area contributed by atoms with Crippen molar-refractivity contribution in [3.05, 3.63) is 137 Å². The van der Waals surface area contributed by atoms with E-state index in [9.17, 15) is 55.9 Å². The molecule has 1 saturated heterocycles. The lowest BCUT2D eigenvalue weighted by atomic mass is 9.59. The van der Waals surface area contributed by atoms with Gasteiger partial charge in [-0.15, -0.1) is 0 Å². The van der Waals surface area contributed by atoms with Gasteiger partial charge in [0.25, 0.3) is 5.91 Å². The van der Waals surface area contributed by atoms with Crippen molar-refractivity contribution in [3.63, 3.8) is 0 Å². The lowest BCUT2D eigenvalue weighted by molar-refractivity contribution is -0.422. The Morgan fingerprint density at radius 1 is 0.945 bits per heavy atom. The number of nitrogens with zero attached hydrogens (tertiary/aromatic N) is 2. The van der Waals surface area contributed by atoms with Crippen LogP contribution >= 0.6 is 0 Å². The number of phenolic OH excluding ortho intramolecular Hbond substituents is 2. The zero-order valence-corrected chi connectivity index (χ0v) is 39.5. The van der Waals surface area contributed by atoms with Crippen LogP contribution in [0.15, 0.2) is 103 Å². The molecule has 20 nitrogen and oxygen atoms in total. The van der Waals surface area contributed by atoms with E-state index in [-0.39, 0.29) is 48.5 Å². The summed E-state index contributed by atoms with van der Waals surface area (Å²) in [5.74, 6) is -8.87. The van der Waals surface area contributed by atoms with Crippen molar-refractivity contribution in [3.8, 4) is 17.2 Å². The van der Waals surface area contributed by atoms with Crippen molar-refractivity contribution in [2.75, 3.05) is 36.6 Å². The average molecular weight is 1010 g/mol. The van der Waals surface area contributed by atoms with E-state index in [1.54, 1.807) is 24.7 Å². The molecule has 15 N–H and O–H groups in total. The first-order chi connectivity index (χ1) is 35.1. The summed E-state index contributed by atoms with van der Waals surface area (Å²) in [6, 6.07) is 19.8. The first-order valence-corrected chi connectivity index (χ1v) is 24.5. The number of hydrogen-bond acceptors (Lipinski definition) is 16. The van der Waals surface area contributed by atoms with Crippen molar-refractivity contribution in [1.82, 2.24) is 15.0 Å². The van der Waals surface area contributed by atoms with E-state index in [4.69, 9.17) is 15.2 Å². The number of phenols is 2. The number of carboxylic acids is 1. The second-order valence-electron chi connectivity index (χ2n) is 19.9. The Labute approximate surface area is 418 Å². The molecular weight excluding hydrogens is 945 g/mol. The van der Waals surface area contributed by atoms with E-state index < -0.39 is 95.1 Å². The molecule has 2 aliphatic heterocycles. The highest BCUT2D eigenvalue weighted by Gasteiger charge is 2.69. The zero-order valence-electron chi connectivity index (χ0n) is 39.5. The van der Waals surface area contributed by atoms with Crippen LogP contribution in [-0.2, 0) is 19.7 Å². The van der Waals surface area contributed by atoms with Gasteiger partial charge in [-0.3, -0.25) is 9.69 Å². The predicted octanol–water partition coefficient (Wildman–Crippen LogP) is 2.34. The molecule has 13 unspecified atom stereocenters. The van der Waals surface area contributed by atoms with Crippen LogP contribution in [0.3, 0.4) is 0 Å². The quantitative estimate of drug-likeness (QED) is 0.0407. The van der Waals surface area contributed by atoms with E-state index in [0.717, 1.165) is 33.7 Å². The number of carbonyl (C=O) groups is 2. The molecule has 386 valence electrons. The van der Waals surface area contributed by atoms with Crippen LogP contribution in [0, 0.1) is 11.8 Å². The predicted molar refractivity (Wildman–Crippen MR) is 262 cm³/mol. The number of aliphatic hydroxyl groups excluding tert-OH is 6. The van der Waals surface area contributed by atoms with Crippen LogP contribution in [0.1, 0.15) is 83.5 Å². The molecule has 13 atom stereocenters. The minimum Gasteiger partial charge on any atom is -0.508 e. The van der Waals surface area contributed by atoms with Crippen LogP contribution in [0.25, 0.3) is 6.08 Å². The molecule has 20 heteroatoms. The molecule has 2 aromatic heterocycles. The van der Waals surface area contributed by atoms with Gasteiger partial charge in [-0.1, -0.05) is 48.4 Å². The van der Waals surface area contributed by atoms with Crippen LogP contribution in [0.5, 0.6) is 17.2 Å². The number of carbonyl (C=O) groups excluding carboxylic acids is 1. The van der Waals surface area contributed by atoms with Gasteiger partial charge >= 0.3 is 11.9 Å². The van der Waals surface area contributed by atoms with Crippen LogP contribution < -0.4 is 20.7 Å². The van der Waals surface area contributed by atoms with Crippen molar-refractivity contribution >= 4 is 29.5 Å². The van der Waals surface area contributed by atoms with Crippen LogP contribution in [0.2, 0.25) is 0 Å². The van der Waals surface area contributed by atoms with Gasteiger partial charge in [0.15, 0.2) is 23.1 Å². The van der Waals surface area contributed by atoms with Crippen LogP contribution in [-0.4, -0.2) is 146 Å². The SMILES string of the molecule is NC1CCCC1(c1ccccc1)C1C(CCO)=CC2(C(=O)O)C1c1cc(O)c(OC3(O)OC(CO)C(O)C(O)C3O)cc1N2C(=O)C=Cc1ccc(O)c(C2CC(CO)C(CNc3ccc[nH]3)c3nc[nH]c32)c1. The maximum Gasteiger partial charge on any atom is 0.355 e. The Kier molecular flexibility index (Phi) is 13.2. The molecule has 1 saturated carbocycles. The number of ether oxygens (including phenoxy) is 2. The highest BCUT2D eigenvalue weighted by atomic mass is 16.8. The lowest BCUT2D eigenvalue weighted by Gasteiger charge is -2.45. The van der Waals surface area contributed by atoms with Crippen LogP contribution in [0.4, 0.5) is 11.5 Å². The number of aliphatic hydroxyl groups is 7. The largest absolute Gasteiger partial charge is 0.508 e. The normalized spacial score (nSPS) is 32.5. The topological polar surface area (TPSA) is 341 Å². The number of carboxylic acid groups (broad SMARTS) is 1. The lowest BCUT2D eigenvalue weighted by Crippen LogP contribution is -2.67. The third kappa shape index (κ3) is 8.08. The van der Waals surface area contributed by atoms with Gasteiger partial charge in [0.1, 0.15) is 29.9 Å². The molecular formula is C53H60N6O14. The summed E-state index contributed by atoms with van der Waals surface area (Å²) in [4.78, 5) is 41.8. The number of aromatic hydroxyl groups is 2. The molecule has 0 bridgehead atoms. The Balaban J connectivity index is 1.07. The van der Waals surface area contributed by atoms with E-state index >= 15 is 4.79 Å². The number of rotatable bonds is 15. The minimum atomic E-state index is -3.19. The Bertz CT molecular complexity index is 2910. The summed E-state index contributed by atoms with van der Waals surface area (Å²) >= 11 is 0. The summed E-state index contributed by atoms with van der Waals surface area (Å²) in [7, 11) is 0. The number of H-pyrrole nitrogens is 2. The summed E-state index contributed by atoms with van der Waals surface area (Å²) in [5.41, 5.74) is 7.84. The molecule has 4 heterocycles. The van der Waals surface area contributed by atoms with Gasteiger partial charge in [-0.05, 0) is 90.8 Å². The second-order valence-corrected chi connectivity index (χ2v) is 19.9. The molecule has 0 radical (unpaired) electrons. The molecule has 0 spiro atoms. The molecule has 5 aromatic rings. The van der Waals surface area contributed by atoms with Gasteiger partial charge < -0.3 is 81.6 Å². The number of imidazole rings is 1. The highest BCUT2D eigenvalue weighted by molar-refractivity contribution is 6.13. The third-order valence-electron chi connectivity index (χ3n) is 16.1. The number of amides is 1. The number of aromatic amines is 2. The molecule has 5 aliphatic rings. The average Bonchev–Trinajstić information content (AvgIpc) is 4.27. The number of fused-ring (bicyclic) bond motifs is 4. The number of hydrogen-bond donors (Lipinski definition) is 14. The first kappa shape index (κ1) is 50.0. The summed E-state index contributed by atoms with van der Waals surface area (Å²) in [5, 5.41) is 113. The summed E-state index contributed by atoms with van der Waals surface area (Å²) in [6.45, 7) is -0.973. The third-order valence-corrected chi connectivity index (χ3v) is 16.1. The summed E-state index contributed by atoms with van der Waals surface area (Å²) in [6.07, 6.45) is 1.77. The second kappa shape index (κ2) is 19.4. The smallest absolute Gasteiger partial charge is 0.355 e. The molecule has 2 fully saturated rings. The Hall–Kier alpha value is -6.59. The van der Waals surface area contributed by atoms with E-state index in [1.165, 1.54) is 30.4 Å². The fraction of sp³-hybridized carbons (Fsp3) is 0.415. The number of aliphatic carboxylic acids is 1. The van der Waals surface area contributed by atoms with Gasteiger partial charge in [0, 0.05) is 84.5 Å². The van der Waals surface area contributed by atoms with Crippen molar-refractivity contribution in [2.45, 2.75) is 97.2 Å². The minimum absolute atomic E-state index is 0.0248. The highest BCUT2D eigenvalue weighted by Crippen LogP contribution is 2.66. The van der Waals surface area contributed by atoms with E-state index in [2.05, 4.69) is 20.3 Å². The van der Waals surface area contributed by atoms with Gasteiger partial charge in [-0.2, -0.15) is 0 Å². The maximum atomic E-state index is 15.3. The van der Waals surface area contributed by atoms with Crippen molar-refractivity contribution in [2.24, 2.45) is 17.6 Å². The monoisotopic (exact) mass is 1000 g/mol. The number of anilines is 2. The number of aromatic nitrogens is 3. The van der Waals surface area contributed by atoms with E-state index in [0.29, 0.717) is 48.9 Å². The standard InChI is InChI=1S/C53H60N6O14/c54-40-8-4-15-51(40,30-6-2-1-3-7-30)43-28(14-17-60)22-52(50(69)70)44(43)33-20-37(64)38(72-53(71)49(68)48(67)47(66)39(25-62)73-53)21-35(33)59(52)42(65)13-11-27-10-12-36(63)31(18-27)32-19-29(24-61)34(46-45(32)57-26-58-46)23-56-41-9-5-16-55-41/h1-3,5-7,9-13,16,18,20-22,26,29,32,34,39-40,43-44,47-49,55-56,60-64,66-68,71H,4,8,14-15,17,19,23-25,54H2,(H,57,58)(H,69,70). The molecule has 10 rings (SSSR count). The Morgan fingerprint density at radius 3 is 2.42 bits per heavy atom. The first-order valence-electron chi connectivity index (χ1n) is 24.5. The molecule has 1 amide bonds. The fourth-order valence-corrected chi connectivity index (χ4v) is 12.8. The van der Waals surface area contributed by atoms with Crippen molar-refractivity contribution in [1.29, 1.82) is 0 Å². The molecule has 3 aliphatic carbocycles. The fourth-order valence-electron chi connectivity index (χ4n) is 12.8. The number of nitrogens with two attached hydrogens (primary N) is 1. The maximum absolute atomic E-state index is 15.3. The molecule has 73 heavy (non-hydrogen) atoms.